The molecule has 0 radical (unpaired) electrons. The topological polar surface area (TPSA) is 71.6 Å². The number of amides is 1. The summed E-state index contributed by atoms with van der Waals surface area (Å²) in [5.74, 6) is 0.452. The Morgan fingerprint density at radius 3 is 2.41 bits per heavy atom. The summed E-state index contributed by atoms with van der Waals surface area (Å²) >= 11 is 5.36. The van der Waals surface area contributed by atoms with Gasteiger partial charge in [0.25, 0.3) is 0 Å². The molecule has 1 aliphatic heterocycles. The Morgan fingerprint density at radius 2 is 1.71 bits per heavy atom. The van der Waals surface area contributed by atoms with Crippen LogP contribution in [-0.4, -0.2) is 17.6 Å². The van der Waals surface area contributed by atoms with Gasteiger partial charge in [0.15, 0.2) is 16.6 Å². The van der Waals surface area contributed by atoms with Crippen molar-refractivity contribution in [3.05, 3.63) is 102 Å². The highest BCUT2D eigenvalue weighted by Crippen LogP contribution is 2.36. The summed E-state index contributed by atoms with van der Waals surface area (Å²) in [6, 6.07) is 24.5. The average Bonchev–Trinajstić information content (AvgIpc) is 2.84. The summed E-state index contributed by atoms with van der Waals surface area (Å²) in [4.78, 5) is 13.3. The highest BCUT2D eigenvalue weighted by Gasteiger charge is 2.37. The lowest BCUT2D eigenvalue weighted by molar-refractivity contribution is -0.119. The minimum Gasteiger partial charge on any atom is -0.490 e. The summed E-state index contributed by atoms with van der Waals surface area (Å²) < 4.78 is 11.9. The quantitative estimate of drug-likeness (QED) is 0.402. The zero-order chi connectivity index (χ0) is 23.9. The molecular weight excluding hydrogens is 446 g/mol. The fraction of sp³-hybridized carbons (Fsp3) is 0.185. The molecule has 3 N–H and O–H groups in total. The zero-order valence-corrected chi connectivity index (χ0v) is 19.7. The number of carbonyl (C=O) groups is 1. The summed E-state index contributed by atoms with van der Waals surface area (Å²) in [6.07, 6.45) is 0. The van der Waals surface area contributed by atoms with E-state index in [0.29, 0.717) is 41.2 Å². The predicted molar refractivity (Wildman–Crippen MR) is 138 cm³/mol. The van der Waals surface area contributed by atoms with Gasteiger partial charge in [0, 0.05) is 11.4 Å². The summed E-state index contributed by atoms with van der Waals surface area (Å²) in [6.45, 7) is 6.89. The van der Waals surface area contributed by atoms with E-state index in [9.17, 15) is 4.79 Å². The Hall–Kier alpha value is -3.84. The molecule has 6 nitrogen and oxygen atoms in total. The molecule has 3 aromatic rings. The Balaban J connectivity index is 1.59. The molecular formula is C27H27N3O3S. The second-order valence-electron chi connectivity index (χ2n) is 7.85. The van der Waals surface area contributed by atoms with Crippen LogP contribution in [0.15, 0.2) is 91.1 Å². The van der Waals surface area contributed by atoms with Crippen molar-refractivity contribution >= 4 is 28.9 Å². The van der Waals surface area contributed by atoms with Crippen molar-refractivity contribution in [2.24, 2.45) is 5.92 Å². The van der Waals surface area contributed by atoms with Crippen LogP contribution in [0, 0.1) is 5.92 Å². The van der Waals surface area contributed by atoms with Crippen LogP contribution in [0.5, 0.6) is 11.5 Å². The van der Waals surface area contributed by atoms with Gasteiger partial charge in [-0.05, 0) is 54.5 Å². The smallest absolute Gasteiger partial charge is 0.235 e. The number of carbonyl (C=O) groups excluding carboxylic acids is 1. The van der Waals surface area contributed by atoms with E-state index in [1.54, 1.807) is 0 Å². The molecule has 34 heavy (non-hydrogen) atoms. The van der Waals surface area contributed by atoms with E-state index in [4.69, 9.17) is 21.7 Å². The SMILES string of the molecule is C=C1NC(=S)N[C@@H](c2ccc(OCc3ccccc3)c(OCC)c2)[C@@H]1C(=O)Nc1ccccc1. The van der Waals surface area contributed by atoms with Crippen LogP contribution in [-0.2, 0) is 11.4 Å². The van der Waals surface area contributed by atoms with Gasteiger partial charge >= 0.3 is 0 Å². The number of thiocarbonyl (C=S) groups is 1. The number of ether oxygens (including phenoxy) is 2. The second-order valence-corrected chi connectivity index (χ2v) is 8.26. The molecule has 3 aromatic carbocycles. The number of rotatable bonds is 8. The van der Waals surface area contributed by atoms with E-state index in [0.717, 1.165) is 11.1 Å². The molecule has 0 bridgehead atoms. The first-order valence-corrected chi connectivity index (χ1v) is 11.5. The van der Waals surface area contributed by atoms with Crippen LogP contribution in [0.25, 0.3) is 0 Å². The van der Waals surface area contributed by atoms with Crippen LogP contribution in [0.2, 0.25) is 0 Å². The number of para-hydroxylation sites is 1. The molecule has 0 aromatic heterocycles. The van der Waals surface area contributed by atoms with Gasteiger partial charge in [-0.25, -0.2) is 0 Å². The van der Waals surface area contributed by atoms with Crippen molar-refractivity contribution in [1.82, 2.24) is 10.6 Å². The van der Waals surface area contributed by atoms with Gasteiger partial charge in [-0.2, -0.15) is 0 Å². The van der Waals surface area contributed by atoms with Crippen molar-refractivity contribution in [2.75, 3.05) is 11.9 Å². The van der Waals surface area contributed by atoms with Crippen molar-refractivity contribution < 1.29 is 14.3 Å². The van der Waals surface area contributed by atoms with Gasteiger partial charge in [-0.15, -0.1) is 0 Å². The largest absolute Gasteiger partial charge is 0.490 e. The van der Waals surface area contributed by atoms with E-state index in [1.807, 2.05) is 85.8 Å². The lowest BCUT2D eigenvalue weighted by Gasteiger charge is -2.35. The molecule has 174 valence electrons. The summed E-state index contributed by atoms with van der Waals surface area (Å²) in [5, 5.41) is 9.61. The minimum atomic E-state index is -0.600. The second kappa shape index (κ2) is 10.9. The normalized spacial score (nSPS) is 17.3. The maximum atomic E-state index is 13.3. The monoisotopic (exact) mass is 473 g/mol. The van der Waals surface area contributed by atoms with E-state index in [1.165, 1.54) is 0 Å². The number of hydrogen-bond donors (Lipinski definition) is 3. The number of nitrogens with one attached hydrogen (secondary N) is 3. The zero-order valence-electron chi connectivity index (χ0n) is 18.9. The Kier molecular flexibility index (Phi) is 7.44. The Labute approximate surface area is 205 Å². The molecule has 1 heterocycles. The third-order valence-corrected chi connectivity index (χ3v) is 5.68. The molecule has 1 aliphatic rings. The molecule has 7 heteroatoms. The first-order chi connectivity index (χ1) is 16.5. The summed E-state index contributed by atoms with van der Waals surface area (Å²) in [7, 11) is 0. The van der Waals surface area contributed by atoms with E-state index < -0.39 is 12.0 Å². The molecule has 1 fully saturated rings. The van der Waals surface area contributed by atoms with Crippen molar-refractivity contribution in [3.63, 3.8) is 0 Å². The van der Waals surface area contributed by atoms with Crippen molar-refractivity contribution in [2.45, 2.75) is 19.6 Å². The minimum absolute atomic E-state index is 0.189. The van der Waals surface area contributed by atoms with E-state index in [-0.39, 0.29) is 5.91 Å². The molecule has 1 amide bonds. The molecule has 0 unspecified atom stereocenters. The van der Waals surface area contributed by atoms with Crippen molar-refractivity contribution in [1.29, 1.82) is 0 Å². The van der Waals surface area contributed by atoms with Gasteiger partial charge < -0.3 is 25.4 Å². The molecule has 2 atom stereocenters. The maximum absolute atomic E-state index is 13.3. The average molecular weight is 474 g/mol. The fourth-order valence-corrected chi connectivity index (χ4v) is 4.11. The third kappa shape index (κ3) is 5.55. The maximum Gasteiger partial charge on any atom is 0.235 e. The van der Waals surface area contributed by atoms with Gasteiger partial charge in [0.2, 0.25) is 5.91 Å². The van der Waals surface area contributed by atoms with Gasteiger partial charge in [0.1, 0.15) is 12.5 Å². The third-order valence-electron chi connectivity index (χ3n) is 5.46. The highest BCUT2D eigenvalue weighted by molar-refractivity contribution is 7.80. The van der Waals surface area contributed by atoms with Crippen LogP contribution in [0.4, 0.5) is 5.69 Å². The Bertz CT molecular complexity index is 1170. The van der Waals surface area contributed by atoms with Crippen LogP contribution >= 0.6 is 12.2 Å². The number of benzene rings is 3. The standard InChI is InChI=1S/C27H27N3O3S/c1-3-32-23-16-20(14-15-22(23)33-17-19-10-6-4-7-11-19)25-24(18(2)28-27(34)30-25)26(31)29-21-12-8-5-9-13-21/h4-16,24-25H,2-3,17H2,1H3,(H,29,31)(H2,28,30,34)/t24-,25+/m1/s1. The van der Waals surface area contributed by atoms with Crippen LogP contribution < -0.4 is 25.4 Å². The van der Waals surface area contributed by atoms with Gasteiger partial charge in [0.05, 0.1) is 12.6 Å². The van der Waals surface area contributed by atoms with Gasteiger partial charge in [-0.3, -0.25) is 4.79 Å². The first kappa shape index (κ1) is 23.3. The molecule has 0 spiro atoms. The van der Waals surface area contributed by atoms with Crippen LogP contribution in [0.1, 0.15) is 24.1 Å². The molecule has 0 saturated carbocycles. The van der Waals surface area contributed by atoms with E-state index >= 15 is 0 Å². The fourth-order valence-electron chi connectivity index (χ4n) is 3.85. The lowest BCUT2D eigenvalue weighted by atomic mass is 9.88. The Morgan fingerprint density at radius 1 is 1.00 bits per heavy atom. The molecule has 4 rings (SSSR count). The predicted octanol–water partition coefficient (Wildman–Crippen LogP) is 4.95. The highest BCUT2D eigenvalue weighted by atomic mass is 32.1. The lowest BCUT2D eigenvalue weighted by Crippen LogP contribution is -2.51. The number of anilines is 1. The van der Waals surface area contributed by atoms with Crippen molar-refractivity contribution in [3.8, 4) is 11.5 Å². The summed E-state index contributed by atoms with van der Waals surface area (Å²) in [5.41, 5.74) is 3.15. The molecule has 1 saturated heterocycles. The first-order valence-electron chi connectivity index (χ1n) is 11.1. The van der Waals surface area contributed by atoms with Crippen LogP contribution in [0.3, 0.4) is 0 Å². The molecule has 0 aliphatic carbocycles. The van der Waals surface area contributed by atoms with E-state index in [2.05, 4.69) is 22.5 Å². The van der Waals surface area contributed by atoms with Gasteiger partial charge in [-0.1, -0.05) is 61.2 Å². The number of hydrogen-bond acceptors (Lipinski definition) is 4.